The molecule has 2 aromatic carbocycles. The van der Waals surface area contributed by atoms with E-state index >= 15 is 0 Å². The first-order valence-corrected chi connectivity index (χ1v) is 9.38. The fourth-order valence-corrected chi connectivity index (χ4v) is 3.21. The van der Waals surface area contributed by atoms with Gasteiger partial charge in [-0.2, -0.15) is 5.10 Å². The van der Waals surface area contributed by atoms with E-state index in [0.717, 1.165) is 11.0 Å². The SMILES string of the molecule is CC(C)n1ncc2cc(NC(=O)c3ccccc3C(=O)c3ccccc3)cnc21. The standard InChI is InChI=1S/C23H20N4O2/c1-15(2)27-22-17(13-25-27)12-18(14-24-22)26-23(29)20-11-7-6-10-19(20)21(28)16-8-4-3-5-9-16/h3-15H,1-2H3,(H,26,29). The van der Waals surface area contributed by atoms with Gasteiger partial charge in [-0.25, -0.2) is 9.67 Å². The second-order valence-electron chi connectivity index (χ2n) is 7.01. The van der Waals surface area contributed by atoms with Crippen LogP contribution in [0.25, 0.3) is 11.0 Å². The second-order valence-corrected chi connectivity index (χ2v) is 7.01. The Balaban J connectivity index is 1.63. The van der Waals surface area contributed by atoms with Crippen molar-refractivity contribution in [3.63, 3.8) is 0 Å². The zero-order valence-corrected chi connectivity index (χ0v) is 16.2. The zero-order valence-electron chi connectivity index (χ0n) is 16.2. The largest absolute Gasteiger partial charge is 0.321 e. The minimum atomic E-state index is -0.359. The fourth-order valence-electron chi connectivity index (χ4n) is 3.21. The van der Waals surface area contributed by atoms with Crippen molar-refractivity contribution in [2.24, 2.45) is 0 Å². The topological polar surface area (TPSA) is 76.9 Å². The third-order valence-corrected chi connectivity index (χ3v) is 4.63. The van der Waals surface area contributed by atoms with Gasteiger partial charge in [0.25, 0.3) is 5.91 Å². The molecule has 0 fully saturated rings. The van der Waals surface area contributed by atoms with Gasteiger partial charge >= 0.3 is 0 Å². The summed E-state index contributed by atoms with van der Waals surface area (Å²) in [4.78, 5) is 30.2. The molecule has 0 saturated carbocycles. The summed E-state index contributed by atoms with van der Waals surface area (Å²) in [7, 11) is 0. The average Bonchev–Trinajstić information content (AvgIpc) is 3.17. The number of aromatic nitrogens is 3. The van der Waals surface area contributed by atoms with Gasteiger partial charge in [0.05, 0.1) is 23.6 Å². The van der Waals surface area contributed by atoms with Crippen molar-refractivity contribution in [3.05, 3.63) is 89.7 Å². The van der Waals surface area contributed by atoms with Crippen molar-refractivity contribution in [2.75, 3.05) is 5.32 Å². The number of fused-ring (bicyclic) bond motifs is 1. The Morgan fingerprint density at radius 1 is 0.931 bits per heavy atom. The molecular weight excluding hydrogens is 364 g/mol. The normalized spacial score (nSPS) is 11.0. The molecule has 1 N–H and O–H groups in total. The molecule has 2 heterocycles. The predicted octanol–water partition coefficient (Wildman–Crippen LogP) is 4.50. The Kier molecular flexibility index (Phi) is 4.91. The molecule has 144 valence electrons. The second kappa shape index (κ2) is 7.67. The molecule has 0 aliphatic heterocycles. The minimum Gasteiger partial charge on any atom is -0.321 e. The maximum absolute atomic E-state index is 12.9. The average molecular weight is 384 g/mol. The first kappa shape index (κ1) is 18.6. The highest BCUT2D eigenvalue weighted by Gasteiger charge is 2.18. The monoisotopic (exact) mass is 384 g/mol. The van der Waals surface area contributed by atoms with Crippen LogP contribution in [0.5, 0.6) is 0 Å². The van der Waals surface area contributed by atoms with Crippen LogP contribution < -0.4 is 5.32 Å². The number of hydrogen-bond acceptors (Lipinski definition) is 4. The summed E-state index contributed by atoms with van der Waals surface area (Å²) < 4.78 is 1.83. The number of ketones is 1. The van der Waals surface area contributed by atoms with Crippen molar-refractivity contribution in [2.45, 2.75) is 19.9 Å². The van der Waals surface area contributed by atoms with Gasteiger partial charge in [-0.05, 0) is 26.0 Å². The van der Waals surface area contributed by atoms with Crippen molar-refractivity contribution in [3.8, 4) is 0 Å². The first-order chi connectivity index (χ1) is 14.0. The van der Waals surface area contributed by atoms with E-state index in [1.807, 2.05) is 30.7 Å². The van der Waals surface area contributed by atoms with E-state index in [4.69, 9.17) is 0 Å². The number of pyridine rings is 1. The summed E-state index contributed by atoms with van der Waals surface area (Å²) in [5, 5.41) is 8.02. The van der Waals surface area contributed by atoms with Gasteiger partial charge in [0.1, 0.15) is 0 Å². The lowest BCUT2D eigenvalue weighted by atomic mass is 9.98. The highest BCUT2D eigenvalue weighted by Crippen LogP contribution is 2.21. The van der Waals surface area contributed by atoms with E-state index in [2.05, 4.69) is 15.4 Å². The van der Waals surface area contributed by atoms with Crippen LogP contribution in [0.2, 0.25) is 0 Å². The fraction of sp³-hybridized carbons (Fsp3) is 0.130. The number of rotatable bonds is 5. The van der Waals surface area contributed by atoms with E-state index in [9.17, 15) is 9.59 Å². The van der Waals surface area contributed by atoms with E-state index < -0.39 is 0 Å². The lowest BCUT2D eigenvalue weighted by molar-refractivity contribution is 0.0996. The van der Waals surface area contributed by atoms with E-state index in [-0.39, 0.29) is 17.7 Å². The third kappa shape index (κ3) is 3.65. The minimum absolute atomic E-state index is 0.191. The molecule has 1 amide bonds. The quantitative estimate of drug-likeness (QED) is 0.514. The van der Waals surface area contributed by atoms with Crippen LogP contribution >= 0.6 is 0 Å². The van der Waals surface area contributed by atoms with Gasteiger partial charge in [-0.15, -0.1) is 0 Å². The molecule has 29 heavy (non-hydrogen) atoms. The van der Waals surface area contributed by atoms with E-state index in [0.29, 0.717) is 22.4 Å². The first-order valence-electron chi connectivity index (χ1n) is 9.38. The Morgan fingerprint density at radius 3 is 2.34 bits per heavy atom. The molecule has 0 atom stereocenters. The summed E-state index contributed by atoms with van der Waals surface area (Å²) in [6.07, 6.45) is 3.33. The molecule has 2 aromatic heterocycles. The van der Waals surface area contributed by atoms with Gasteiger partial charge < -0.3 is 5.32 Å². The summed E-state index contributed by atoms with van der Waals surface area (Å²) in [5.41, 5.74) is 2.53. The number of amides is 1. The number of hydrogen-bond donors (Lipinski definition) is 1. The van der Waals surface area contributed by atoms with Crippen molar-refractivity contribution >= 4 is 28.4 Å². The van der Waals surface area contributed by atoms with Gasteiger partial charge in [0.2, 0.25) is 0 Å². The van der Waals surface area contributed by atoms with Crippen molar-refractivity contribution in [1.29, 1.82) is 0 Å². The predicted molar refractivity (Wildman–Crippen MR) is 112 cm³/mol. The van der Waals surface area contributed by atoms with Gasteiger partial charge in [0, 0.05) is 22.6 Å². The number of anilines is 1. The third-order valence-electron chi connectivity index (χ3n) is 4.63. The van der Waals surface area contributed by atoms with Crippen LogP contribution in [0.4, 0.5) is 5.69 Å². The Hall–Kier alpha value is -3.80. The molecule has 0 unspecified atom stereocenters. The molecule has 0 saturated heterocycles. The van der Waals surface area contributed by atoms with Gasteiger partial charge in [0.15, 0.2) is 11.4 Å². The number of nitrogens with zero attached hydrogens (tertiary/aromatic N) is 3. The summed E-state index contributed by atoms with van der Waals surface area (Å²) in [6, 6.07) is 17.7. The maximum atomic E-state index is 12.9. The molecule has 0 aliphatic carbocycles. The summed E-state index contributed by atoms with van der Waals surface area (Å²) in [5.74, 6) is -0.551. The van der Waals surface area contributed by atoms with Crippen LogP contribution in [-0.2, 0) is 0 Å². The van der Waals surface area contributed by atoms with Crippen LogP contribution in [0.3, 0.4) is 0 Å². The summed E-state index contributed by atoms with van der Waals surface area (Å²) >= 11 is 0. The number of carbonyl (C=O) groups is 2. The number of benzene rings is 2. The Morgan fingerprint density at radius 2 is 1.62 bits per heavy atom. The lowest BCUT2D eigenvalue weighted by Crippen LogP contribution is -2.17. The maximum Gasteiger partial charge on any atom is 0.256 e. The molecule has 0 aliphatic rings. The van der Waals surface area contributed by atoms with E-state index in [1.54, 1.807) is 60.9 Å². The molecule has 6 nitrogen and oxygen atoms in total. The molecule has 4 rings (SSSR count). The molecule has 4 aromatic rings. The molecule has 6 heteroatoms. The highest BCUT2D eigenvalue weighted by molar-refractivity contribution is 6.17. The van der Waals surface area contributed by atoms with Gasteiger partial charge in [-0.3, -0.25) is 9.59 Å². The summed E-state index contributed by atoms with van der Waals surface area (Å²) in [6.45, 7) is 4.06. The van der Waals surface area contributed by atoms with E-state index in [1.165, 1.54) is 0 Å². The Labute approximate surface area is 168 Å². The molecular formula is C23H20N4O2. The molecule has 0 bridgehead atoms. The van der Waals surface area contributed by atoms with Crippen LogP contribution in [0.1, 0.15) is 46.2 Å². The van der Waals surface area contributed by atoms with Crippen LogP contribution in [0.15, 0.2) is 73.1 Å². The smallest absolute Gasteiger partial charge is 0.256 e. The van der Waals surface area contributed by atoms with Crippen LogP contribution in [0, 0.1) is 0 Å². The number of carbonyl (C=O) groups excluding carboxylic acids is 2. The zero-order chi connectivity index (χ0) is 20.4. The molecule has 0 spiro atoms. The van der Waals surface area contributed by atoms with Crippen molar-refractivity contribution in [1.82, 2.24) is 14.8 Å². The highest BCUT2D eigenvalue weighted by atomic mass is 16.2. The van der Waals surface area contributed by atoms with Crippen LogP contribution in [-0.4, -0.2) is 26.5 Å². The Bertz CT molecular complexity index is 1200. The molecule has 0 radical (unpaired) electrons. The number of nitrogens with one attached hydrogen (secondary N) is 1. The van der Waals surface area contributed by atoms with Gasteiger partial charge in [-0.1, -0.05) is 48.5 Å². The van der Waals surface area contributed by atoms with Crippen molar-refractivity contribution < 1.29 is 9.59 Å². The lowest BCUT2D eigenvalue weighted by Gasteiger charge is -2.10.